The quantitative estimate of drug-likeness (QED) is 0.0257. The molecular formula is C34H49FO5. The molecule has 40 heavy (non-hydrogen) atoms. The van der Waals surface area contributed by atoms with Gasteiger partial charge in [0.05, 0.1) is 25.1 Å². The van der Waals surface area contributed by atoms with E-state index in [9.17, 15) is 9.18 Å². The largest absolute Gasteiger partial charge is 0.498 e. The molecule has 1 atom stereocenters. The second kappa shape index (κ2) is 22.9. The number of hydrogen-bond acceptors (Lipinski definition) is 5. The summed E-state index contributed by atoms with van der Waals surface area (Å²) >= 11 is 0. The first-order valence-corrected chi connectivity index (χ1v) is 14.6. The first-order valence-electron chi connectivity index (χ1n) is 14.6. The first-order chi connectivity index (χ1) is 19.4. The van der Waals surface area contributed by atoms with Crippen molar-refractivity contribution in [1.29, 1.82) is 0 Å². The SMILES string of the molecule is C#C/C(=C\C=C(/C)OCCCCCCCCCCCCOC(CC=C)COC)c1ccc(OC(=O)CC)cc1F. The number of unbranched alkanes of at least 4 members (excludes halogenated alkanes) is 9. The molecule has 0 aliphatic carbocycles. The zero-order valence-electron chi connectivity index (χ0n) is 24.9. The van der Waals surface area contributed by atoms with Crippen LogP contribution in [0.15, 0.2) is 48.8 Å². The molecule has 0 amide bonds. The third-order valence-electron chi connectivity index (χ3n) is 6.40. The van der Waals surface area contributed by atoms with Crippen LogP contribution >= 0.6 is 0 Å². The summed E-state index contributed by atoms with van der Waals surface area (Å²) in [6.07, 6.45) is 24.1. The van der Waals surface area contributed by atoms with Crippen LogP contribution in [-0.2, 0) is 19.0 Å². The number of ether oxygens (including phenoxy) is 4. The molecule has 0 fully saturated rings. The van der Waals surface area contributed by atoms with E-state index in [0.29, 0.717) is 18.8 Å². The van der Waals surface area contributed by atoms with Crippen LogP contribution in [0.3, 0.4) is 0 Å². The average Bonchev–Trinajstić information content (AvgIpc) is 2.94. The van der Waals surface area contributed by atoms with E-state index in [4.69, 9.17) is 25.4 Å². The molecule has 0 aromatic heterocycles. The molecule has 0 radical (unpaired) electrons. The van der Waals surface area contributed by atoms with Crippen molar-refractivity contribution in [2.75, 3.05) is 26.9 Å². The van der Waals surface area contributed by atoms with Crippen molar-refractivity contribution in [3.63, 3.8) is 0 Å². The predicted octanol–water partition coefficient (Wildman–Crippen LogP) is 8.59. The van der Waals surface area contributed by atoms with E-state index in [1.807, 2.05) is 13.0 Å². The molecule has 1 rings (SSSR count). The third kappa shape index (κ3) is 16.3. The van der Waals surface area contributed by atoms with Crippen LogP contribution in [0.2, 0.25) is 0 Å². The van der Waals surface area contributed by atoms with Crippen LogP contribution in [0.5, 0.6) is 5.75 Å². The zero-order valence-corrected chi connectivity index (χ0v) is 24.9. The van der Waals surface area contributed by atoms with Gasteiger partial charge in [-0.05, 0) is 50.5 Å². The summed E-state index contributed by atoms with van der Waals surface area (Å²) < 4.78 is 36.4. The summed E-state index contributed by atoms with van der Waals surface area (Å²) in [7, 11) is 1.70. The maximum atomic E-state index is 14.5. The molecule has 1 aromatic rings. The summed E-state index contributed by atoms with van der Waals surface area (Å²) in [6.45, 7) is 9.37. The van der Waals surface area contributed by atoms with E-state index in [1.165, 1.54) is 63.1 Å². The standard InChI is InChI=1S/C34H49FO5/c1-6-19-31(27-37-5)39-25-18-16-14-12-10-9-11-13-15-17-24-38-28(4)20-21-29(7-2)32-23-22-30(26-33(32)35)40-34(36)8-3/h2,6,20-23,26,31H,1,8-19,24-25,27H2,3-5H3/b28-20+,29-21+. The molecule has 0 saturated carbocycles. The minimum Gasteiger partial charge on any atom is -0.498 e. The van der Waals surface area contributed by atoms with Crippen molar-refractivity contribution in [2.24, 2.45) is 0 Å². The fourth-order valence-corrected chi connectivity index (χ4v) is 4.10. The van der Waals surface area contributed by atoms with Crippen molar-refractivity contribution in [3.8, 4) is 18.1 Å². The van der Waals surface area contributed by atoms with Gasteiger partial charge in [-0.25, -0.2) is 4.39 Å². The number of carbonyl (C=O) groups excluding carboxylic acids is 1. The summed E-state index contributed by atoms with van der Waals surface area (Å²) in [6, 6.07) is 4.22. The molecule has 0 aliphatic rings. The lowest BCUT2D eigenvalue weighted by Crippen LogP contribution is -2.18. The minimum atomic E-state index is -0.543. The number of esters is 1. The van der Waals surface area contributed by atoms with Gasteiger partial charge in [0, 0.05) is 37.3 Å². The van der Waals surface area contributed by atoms with Gasteiger partial charge in [0.2, 0.25) is 0 Å². The molecule has 0 bridgehead atoms. The maximum absolute atomic E-state index is 14.5. The molecule has 6 heteroatoms. The molecule has 0 heterocycles. The van der Waals surface area contributed by atoms with Gasteiger partial charge >= 0.3 is 5.97 Å². The van der Waals surface area contributed by atoms with Gasteiger partial charge in [0.15, 0.2) is 0 Å². The Hall–Kier alpha value is -2.88. The number of allylic oxidation sites excluding steroid dienone is 4. The van der Waals surface area contributed by atoms with Crippen molar-refractivity contribution in [3.05, 3.63) is 60.1 Å². The molecule has 1 aromatic carbocycles. The average molecular weight is 557 g/mol. The van der Waals surface area contributed by atoms with E-state index in [2.05, 4.69) is 12.5 Å². The molecule has 0 spiro atoms. The van der Waals surface area contributed by atoms with Crippen molar-refractivity contribution in [1.82, 2.24) is 0 Å². The number of hydrogen-bond donors (Lipinski definition) is 0. The Balaban J connectivity index is 2.16. The van der Waals surface area contributed by atoms with Crippen molar-refractivity contribution in [2.45, 2.75) is 97.0 Å². The zero-order chi connectivity index (χ0) is 29.4. The smallest absolute Gasteiger partial charge is 0.310 e. The van der Waals surface area contributed by atoms with Crippen LogP contribution in [0.4, 0.5) is 4.39 Å². The van der Waals surface area contributed by atoms with Crippen molar-refractivity contribution >= 4 is 11.5 Å². The Kier molecular flexibility index (Phi) is 20.1. The van der Waals surface area contributed by atoms with Gasteiger partial charge in [-0.2, -0.15) is 0 Å². The number of halogens is 1. The van der Waals surface area contributed by atoms with E-state index in [0.717, 1.165) is 38.0 Å². The number of terminal acetylenes is 1. The van der Waals surface area contributed by atoms with Crippen LogP contribution < -0.4 is 4.74 Å². The highest BCUT2D eigenvalue weighted by molar-refractivity contribution is 5.80. The fourth-order valence-electron chi connectivity index (χ4n) is 4.10. The number of rotatable bonds is 23. The Labute approximate surface area is 241 Å². The molecule has 0 aliphatic heterocycles. The summed E-state index contributed by atoms with van der Waals surface area (Å²) in [5, 5.41) is 0. The van der Waals surface area contributed by atoms with E-state index < -0.39 is 11.8 Å². The minimum absolute atomic E-state index is 0.132. The Morgan fingerprint density at radius 1 is 1.02 bits per heavy atom. The fraction of sp³-hybridized carbons (Fsp3) is 0.559. The van der Waals surface area contributed by atoms with Gasteiger partial charge in [-0.3, -0.25) is 4.79 Å². The number of carbonyl (C=O) groups is 1. The van der Waals surface area contributed by atoms with Gasteiger partial charge < -0.3 is 18.9 Å². The second-order valence-electron chi connectivity index (χ2n) is 9.83. The van der Waals surface area contributed by atoms with Gasteiger partial charge in [0.25, 0.3) is 0 Å². The Morgan fingerprint density at radius 2 is 1.65 bits per heavy atom. The normalized spacial score (nSPS) is 12.6. The first kappa shape index (κ1) is 35.1. The van der Waals surface area contributed by atoms with Crippen LogP contribution in [-0.4, -0.2) is 39.0 Å². The van der Waals surface area contributed by atoms with E-state index >= 15 is 0 Å². The highest BCUT2D eigenvalue weighted by atomic mass is 19.1. The lowest BCUT2D eigenvalue weighted by Gasteiger charge is -2.15. The van der Waals surface area contributed by atoms with Crippen LogP contribution in [0.1, 0.15) is 96.5 Å². The van der Waals surface area contributed by atoms with E-state index in [1.54, 1.807) is 26.2 Å². The lowest BCUT2D eigenvalue weighted by molar-refractivity contribution is -0.134. The molecule has 222 valence electrons. The van der Waals surface area contributed by atoms with Crippen LogP contribution in [0, 0.1) is 18.2 Å². The predicted molar refractivity (Wildman–Crippen MR) is 161 cm³/mol. The molecular weight excluding hydrogens is 507 g/mol. The lowest BCUT2D eigenvalue weighted by atomic mass is 10.1. The number of benzene rings is 1. The van der Waals surface area contributed by atoms with Gasteiger partial charge in [0.1, 0.15) is 11.6 Å². The van der Waals surface area contributed by atoms with E-state index in [-0.39, 0.29) is 23.8 Å². The summed E-state index contributed by atoms with van der Waals surface area (Å²) in [5.74, 6) is 2.44. The van der Waals surface area contributed by atoms with Gasteiger partial charge in [-0.15, -0.1) is 13.0 Å². The molecule has 5 nitrogen and oxygen atoms in total. The monoisotopic (exact) mass is 556 g/mol. The molecule has 0 saturated heterocycles. The Morgan fingerprint density at radius 3 is 2.20 bits per heavy atom. The highest BCUT2D eigenvalue weighted by Gasteiger charge is 2.10. The summed E-state index contributed by atoms with van der Waals surface area (Å²) in [4.78, 5) is 11.4. The number of methoxy groups -OCH3 is 1. The maximum Gasteiger partial charge on any atom is 0.310 e. The highest BCUT2D eigenvalue weighted by Crippen LogP contribution is 2.23. The van der Waals surface area contributed by atoms with Crippen LogP contribution in [0.25, 0.3) is 5.57 Å². The third-order valence-corrected chi connectivity index (χ3v) is 6.40. The molecule has 1 unspecified atom stereocenters. The summed E-state index contributed by atoms with van der Waals surface area (Å²) in [5.41, 5.74) is 0.661. The molecule has 0 N–H and O–H groups in total. The second-order valence-corrected chi connectivity index (χ2v) is 9.83. The Bertz CT molecular complexity index is 960. The van der Waals surface area contributed by atoms with Crippen molar-refractivity contribution < 1.29 is 28.1 Å². The van der Waals surface area contributed by atoms with Gasteiger partial charge in [-0.1, -0.05) is 70.3 Å². The topological polar surface area (TPSA) is 54.0 Å².